The largest absolute Gasteiger partial charge is 0.330 e. The average molecular weight is 489 g/mol. The third-order valence-electron chi connectivity index (χ3n) is 6.05. The van der Waals surface area contributed by atoms with E-state index in [1.165, 1.54) is 0 Å². The summed E-state index contributed by atoms with van der Waals surface area (Å²) < 4.78 is 0. The predicted molar refractivity (Wildman–Crippen MR) is 130 cm³/mol. The summed E-state index contributed by atoms with van der Waals surface area (Å²) in [5.74, 6) is -0.656. The first-order valence-electron chi connectivity index (χ1n) is 11.1. The molecule has 4 rings (SSSR count). The molecule has 2 atom stereocenters. The number of carbonyl (C=O) groups is 3. The number of piperidine rings is 1. The zero-order valence-corrected chi connectivity index (χ0v) is 19.6. The van der Waals surface area contributed by atoms with Crippen LogP contribution in [-0.4, -0.2) is 53.3 Å². The quantitative estimate of drug-likeness (QED) is 0.643. The van der Waals surface area contributed by atoms with Gasteiger partial charge in [-0.3, -0.25) is 9.59 Å². The van der Waals surface area contributed by atoms with E-state index >= 15 is 0 Å². The van der Waals surface area contributed by atoms with E-state index in [0.717, 1.165) is 12.8 Å². The summed E-state index contributed by atoms with van der Waals surface area (Å²) >= 11 is 12.1. The lowest BCUT2D eigenvalue weighted by Crippen LogP contribution is -2.51. The molecule has 4 amide bonds. The van der Waals surface area contributed by atoms with Crippen LogP contribution in [0.15, 0.2) is 48.5 Å². The Hall–Kier alpha value is -2.77. The van der Waals surface area contributed by atoms with Gasteiger partial charge >= 0.3 is 6.03 Å². The normalized spacial score (nSPS) is 20.4. The first-order chi connectivity index (χ1) is 15.9. The number of carbonyl (C=O) groups excluding carboxylic acids is 3. The van der Waals surface area contributed by atoms with E-state index in [2.05, 4.69) is 10.6 Å². The number of likely N-dealkylation sites (tertiary alicyclic amines) is 2. The van der Waals surface area contributed by atoms with Crippen LogP contribution in [0, 0.1) is 5.92 Å². The second-order valence-corrected chi connectivity index (χ2v) is 9.29. The van der Waals surface area contributed by atoms with Gasteiger partial charge in [-0.05, 0) is 56.0 Å². The number of rotatable bonds is 4. The monoisotopic (exact) mass is 488 g/mol. The molecule has 7 nitrogen and oxygen atoms in total. The molecule has 0 aliphatic carbocycles. The van der Waals surface area contributed by atoms with Crippen LogP contribution in [0.2, 0.25) is 10.0 Å². The Kier molecular flexibility index (Phi) is 7.40. The fourth-order valence-corrected chi connectivity index (χ4v) is 5.00. The molecule has 9 heteroatoms. The molecule has 0 spiro atoms. The Balaban J connectivity index is 1.38. The van der Waals surface area contributed by atoms with Crippen molar-refractivity contribution in [1.29, 1.82) is 0 Å². The number of nitrogens with one attached hydrogen (secondary N) is 2. The van der Waals surface area contributed by atoms with Crippen molar-refractivity contribution in [1.82, 2.24) is 9.80 Å². The summed E-state index contributed by atoms with van der Waals surface area (Å²) in [6.07, 6.45) is 2.79. The SMILES string of the molecule is O=C(Nc1cc(Cl)cc(Cl)c1)C1CCCN1C(=O)C1CCCN(C(=O)Nc2ccccc2)C1. The van der Waals surface area contributed by atoms with E-state index in [1.54, 1.807) is 28.0 Å². The fraction of sp³-hybridized carbons (Fsp3) is 0.375. The summed E-state index contributed by atoms with van der Waals surface area (Å²) in [4.78, 5) is 42.3. The van der Waals surface area contributed by atoms with Crippen molar-refractivity contribution in [2.45, 2.75) is 31.7 Å². The molecule has 2 saturated heterocycles. The molecular weight excluding hydrogens is 463 g/mol. The lowest BCUT2D eigenvalue weighted by atomic mass is 9.96. The van der Waals surface area contributed by atoms with Gasteiger partial charge in [0.05, 0.1) is 5.92 Å². The molecule has 2 unspecified atom stereocenters. The van der Waals surface area contributed by atoms with E-state index in [9.17, 15) is 14.4 Å². The molecule has 0 saturated carbocycles. The number of nitrogens with zero attached hydrogens (tertiary/aromatic N) is 2. The number of para-hydroxylation sites is 1. The second-order valence-electron chi connectivity index (χ2n) is 8.42. The maximum atomic E-state index is 13.3. The van der Waals surface area contributed by atoms with Crippen LogP contribution in [0.3, 0.4) is 0 Å². The number of benzene rings is 2. The van der Waals surface area contributed by atoms with Gasteiger partial charge in [-0.1, -0.05) is 41.4 Å². The zero-order valence-electron chi connectivity index (χ0n) is 18.1. The lowest BCUT2D eigenvalue weighted by molar-refractivity contribution is -0.141. The minimum Gasteiger partial charge on any atom is -0.330 e. The third-order valence-corrected chi connectivity index (χ3v) is 6.49. The summed E-state index contributed by atoms with van der Waals surface area (Å²) in [6, 6.07) is 13.3. The Morgan fingerprint density at radius 2 is 1.55 bits per heavy atom. The predicted octanol–water partition coefficient (Wildman–Crippen LogP) is 4.87. The van der Waals surface area contributed by atoms with Crippen LogP contribution in [-0.2, 0) is 9.59 Å². The Morgan fingerprint density at radius 1 is 0.848 bits per heavy atom. The molecule has 2 aromatic carbocycles. The first-order valence-corrected chi connectivity index (χ1v) is 11.8. The molecule has 2 heterocycles. The molecule has 2 fully saturated rings. The van der Waals surface area contributed by atoms with Crippen LogP contribution in [0.25, 0.3) is 0 Å². The van der Waals surface area contributed by atoms with Gasteiger partial charge < -0.3 is 20.4 Å². The molecule has 0 aromatic heterocycles. The lowest BCUT2D eigenvalue weighted by Gasteiger charge is -2.35. The average Bonchev–Trinajstić information content (AvgIpc) is 3.29. The fourth-order valence-electron chi connectivity index (χ4n) is 4.48. The highest BCUT2D eigenvalue weighted by Gasteiger charge is 2.39. The summed E-state index contributed by atoms with van der Waals surface area (Å²) in [5, 5.41) is 6.56. The van der Waals surface area contributed by atoms with Crippen LogP contribution in [0.5, 0.6) is 0 Å². The third kappa shape index (κ3) is 5.78. The highest BCUT2D eigenvalue weighted by atomic mass is 35.5. The standard InChI is InChI=1S/C24H26Cl2N4O3/c25-17-12-18(26)14-20(13-17)27-22(31)21-9-5-11-30(21)23(32)16-6-4-10-29(15-16)24(33)28-19-7-2-1-3-8-19/h1-3,7-8,12-14,16,21H,4-6,9-11,15H2,(H,27,31)(H,28,33). The van der Waals surface area contributed by atoms with Crippen molar-refractivity contribution in [2.75, 3.05) is 30.3 Å². The van der Waals surface area contributed by atoms with Crippen LogP contribution >= 0.6 is 23.2 Å². The molecule has 2 N–H and O–H groups in total. The van der Waals surface area contributed by atoms with E-state index in [-0.39, 0.29) is 23.8 Å². The molecule has 0 radical (unpaired) electrons. The van der Waals surface area contributed by atoms with Gasteiger partial charge in [0.25, 0.3) is 0 Å². The number of hydrogen-bond acceptors (Lipinski definition) is 3. The number of hydrogen-bond donors (Lipinski definition) is 2. The van der Waals surface area contributed by atoms with Crippen molar-refractivity contribution in [3.05, 3.63) is 58.6 Å². The molecule has 0 bridgehead atoms. The van der Waals surface area contributed by atoms with Gasteiger partial charge in [0, 0.05) is 41.1 Å². The molecule has 33 heavy (non-hydrogen) atoms. The zero-order chi connectivity index (χ0) is 23.4. The Bertz CT molecular complexity index is 1010. The second kappa shape index (κ2) is 10.4. The highest BCUT2D eigenvalue weighted by Crippen LogP contribution is 2.27. The first kappa shape index (κ1) is 23.4. The van der Waals surface area contributed by atoms with Gasteiger partial charge in [0.1, 0.15) is 6.04 Å². The molecule has 2 aliphatic rings. The number of amides is 4. The van der Waals surface area contributed by atoms with Gasteiger partial charge in [0.2, 0.25) is 11.8 Å². The number of anilines is 2. The van der Waals surface area contributed by atoms with Crippen molar-refractivity contribution < 1.29 is 14.4 Å². The van der Waals surface area contributed by atoms with Crippen LogP contribution in [0.1, 0.15) is 25.7 Å². The van der Waals surface area contributed by atoms with Gasteiger partial charge in [-0.2, -0.15) is 0 Å². The van der Waals surface area contributed by atoms with E-state index < -0.39 is 6.04 Å². The van der Waals surface area contributed by atoms with Crippen LogP contribution in [0.4, 0.5) is 16.2 Å². The molecule has 2 aromatic rings. The van der Waals surface area contributed by atoms with Gasteiger partial charge in [-0.15, -0.1) is 0 Å². The van der Waals surface area contributed by atoms with Crippen molar-refractivity contribution >= 4 is 52.4 Å². The topological polar surface area (TPSA) is 81.8 Å². The molecular formula is C24H26Cl2N4O3. The molecule has 174 valence electrons. The van der Waals surface area contributed by atoms with Crippen molar-refractivity contribution in [3.8, 4) is 0 Å². The van der Waals surface area contributed by atoms with E-state index in [0.29, 0.717) is 53.9 Å². The van der Waals surface area contributed by atoms with E-state index in [1.807, 2.05) is 30.3 Å². The summed E-state index contributed by atoms with van der Waals surface area (Å²) in [6.45, 7) is 1.47. The minimum absolute atomic E-state index is 0.0750. The Labute approximate surface area is 203 Å². The smallest absolute Gasteiger partial charge is 0.321 e. The minimum atomic E-state index is -0.552. The Morgan fingerprint density at radius 3 is 2.27 bits per heavy atom. The summed E-state index contributed by atoms with van der Waals surface area (Å²) in [5.41, 5.74) is 1.21. The van der Waals surface area contributed by atoms with Crippen LogP contribution < -0.4 is 10.6 Å². The maximum Gasteiger partial charge on any atom is 0.321 e. The van der Waals surface area contributed by atoms with Gasteiger partial charge in [-0.25, -0.2) is 4.79 Å². The number of urea groups is 1. The maximum absolute atomic E-state index is 13.3. The van der Waals surface area contributed by atoms with Crippen molar-refractivity contribution in [3.63, 3.8) is 0 Å². The number of halogens is 2. The van der Waals surface area contributed by atoms with E-state index in [4.69, 9.17) is 23.2 Å². The molecule has 2 aliphatic heterocycles. The summed E-state index contributed by atoms with van der Waals surface area (Å²) in [7, 11) is 0. The highest BCUT2D eigenvalue weighted by molar-refractivity contribution is 6.35. The van der Waals surface area contributed by atoms with Crippen molar-refractivity contribution in [2.24, 2.45) is 5.92 Å². The van der Waals surface area contributed by atoms with Gasteiger partial charge in [0.15, 0.2) is 0 Å².